The standard InChI is InChI=1S/C16H27N3/c1-5-17-13(2)14-6-7-16-15(12-14)8-9-19(16)11-10-18(3)4/h6-7,12-13,17H,5,8-11H2,1-4H3. The minimum Gasteiger partial charge on any atom is -0.370 e. The van der Waals surface area contributed by atoms with E-state index in [1.807, 2.05) is 0 Å². The molecule has 106 valence electrons. The third-order valence-electron chi connectivity index (χ3n) is 3.92. The quantitative estimate of drug-likeness (QED) is 0.847. The average Bonchev–Trinajstić information content (AvgIpc) is 2.78. The molecule has 0 radical (unpaired) electrons. The Morgan fingerprint density at radius 1 is 1.37 bits per heavy atom. The van der Waals surface area contributed by atoms with Gasteiger partial charge in [-0.1, -0.05) is 19.1 Å². The molecule has 3 heteroatoms. The van der Waals surface area contributed by atoms with Crippen LogP contribution in [-0.2, 0) is 6.42 Å². The summed E-state index contributed by atoms with van der Waals surface area (Å²) in [5.41, 5.74) is 4.37. The van der Waals surface area contributed by atoms with Crippen molar-refractivity contribution in [2.24, 2.45) is 0 Å². The van der Waals surface area contributed by atoms with E-state index in [1.54, 1.807) is 0 Å². The SMILES string of the molecule is CCNC(C)c1ccc2c(c1)CCN2CCN(C)C. The number of hydrogen-bond donors (Lipinski definition) is 1. The summed E-state index contributed by atoms with van der Waals surface area (Å²) in [6, 6.07) is 7.42. The number of fused-ring (bicyclic) bond motifs is 1. The number of likely N-dealkylation sites (N-methyl/N-ethyl adjacent to an activating group) is 1. The number of nitrogens with zero attached hydrogens (tertiary/aromatic N) is 2. The highest BCUT2D eigenvalue weighted by Crippen LogP contribution is 2.30. The van der Waals surface area contributed by atoms with Crippen molar-refractivity contribution in [3.63, 3.8) is 0 Å². The third-order valence-corrected chi connectivity index (χ3v) is 3.92. The lowest BCUT2D eigenvalue weighted by Crippen LogP contribution is -2.30. The Balaban J connectivity index is 2.07. The van der Waals surface area contributed by atoms with E-state index in [0.717, 1.165) is 19.6 Å². The Morgan fingerprint density at radius 2 is 2.16 bits per heavy atom. The van der Waals surface area contributed by atoms with E-state index in [0.29, 0.717) is 6.04 Å². The molecule has 0 fully saturated rings. The number of benzene rings is 1. The zero-order valence-corrected chi connectivity index (χ0v) is 12.7. The fourth-order valence-corrected chi connectivity index (χ4v) is 2.74. The fraction of sp³-hybridized carbons (Fsp3) is 0.625. The summed E-state index contributed by atoms with van der Waals surface area (Å²) < 4.78 is 0. The van der Waals surface area contributed by atoms with Gasteiger partial charge in [0.15, 0.2) is 0 Å². The molecule has 1 aromatic carbocycles. The van der Waals surface area contributed by atoms with Crippen LogP contribution in [0.3, 0.4) is 0 Å². The molecular formula is C16H27N3. The molecule has 0 amide bonds. The van der Waals surface area contributed by atoms with Gasteiger partial charge in [-0.2, -0.15) is 0 Å². The van der Waals surface area contributed by atoms with E-state index in [-0.39, 0.29) is 0 Å². The van der Waals surface area contributed by atoms with E-state index in [1.165, 1.54) is 29.8 Å². The van der Waals surface area contributed by atoms with Crippen LogP contribution in [-0.4, -0.2) is 45.2 Å². The molecular weight excluding hydrogens is 234 g/mol. The minimum atomic E-state index is 0.450. The number of hydrogen-bond acceptors (Lipinski definition) is 3. The molecule has 0 spiro atoms. The minimum absolute atomic E-state index is 0.450. The summed E-state index contributed by atoms with van der Waals surface area (Å²) in [6.07, 6.45) is 1.19. The van der Waals surface area contributed by atoms with Crippen LogP contribution in [0.4, 0.5) is 5.69 Å². The van der Waals surface area contributed by atoms with Gasteiger partial charge in [0.05, 0.1) is 0 Å². The predicted octanol–water partition coefficient (Wildman–Crippen LogP) is 2.28. The molecule has 3 nitrogen and oxygen atoms in total. The lowest BCUT2D eigenvalue weighted by molar-refractivity contribution is 0.414. The van der Waals surface area contributed by atoms with E-state index in [2.05, 4.69) is 61.3 Å². The van der Waals surface area contributed by atoms with Crippen LogP contribution in [0.5, 0.6) is 0 Å². The van der Waals surface area contributed by atoms with Crippen molar-refractivity contribution in [2.75, 3.05) is 45.2 Å². The van der Waals surface area contributed by atoms with Crippen molar-refractivity contribution >= 4 is 5.69 Å². The fourth-order valence-electron chi connectivity index (χ4n) is 2.74. The van der Waals surface area contributed by atoms with Crippen molar-refractivity contribution < 1.29 is 0 Å². The Bertz CT molecular complexity index is 414. The van der Waals surface area contributed by atoms with Gasteiger partial charge < -0.3 is 15.1 Å². The van der Waals surface area contributed by atoms with Crippen molar-refractivity contribution in [3.8, 4) is 0 Å². The first-order chi connectivity index (χ1) is 9.11. The molecule has 2 rings (SSSR count). The van der Waals surface area contributed by atoms with Gasteiger partial charge in [0, 0.05) is 31.4 Å². The van der Waals surface area contributed by atoms with Gasteiger partial charge in [-0.05, 0) is 51.2 Å². The summed E-state index contributed by atoms with van der Waals surface area (Å²) in [5, 5.41) is 3.48. The highest BCUT2D eigenvalue weighted by Gasteiger charge is 2.19. The number of nitrogens with one attached hydrogen (secondary N) is 1. The molecule has 1 aliphatic heterocycles. The topological polar surface area (TPSA) is 18.5 Å². The molecule has 1 heterocycles. The first kappa shape index (κ1) is 14.4. The molecule has 1 aromatic rings. The average molecular weight is 261 g/mol. The molecule has 19 heavy (non-hydrogen) atoms. The Labute approximate surface area is 117 Å². The van der Waals surface area contributed by atoms with E-state index in [9.17, 15) is 0 Å². The molecule has 0 saturated heterocycles. The predicted molar refractivity (Wildman–Crippen MR) is 83.0 cm³/mol. The normalized spacial score (nSPS) is 15.9. The smallest absolute Gasteiger partial charge is 0.0400 e. The van der Waals surface area contributed by atoms with Crippen LogP contribution >= 0.6 is 0 Å². The summed E-state index contributed by atoms with van der Waals surface area (Å²) in [6.45, 7) is 8.84. The van der Waals surface area contributed by atoms with E-state index in [4.69, 9.17) is 0 Å². The van der Waals surface area contributed by atoms with Crippen LogP contribution in [0.2, 0.25) is 0 Å². The summed E-state index contributed by atoms with van der Waals surface area (Å²) in [7, 11) is 4.27. The van der Waals surface area contributed by atoms with E-state index < -0.39 is 0 Å². The van der Waals surface area contributed by atoms with Crippen molar-refractivity contribution in [3.05, 3.63) is 29.3 Å². The third kappa shape index (κ3) is 3.48. The monoisotopic (exact) mass is 261 g/mol. The second-order valence-corrected chi connectivity index (χ2v) is 5.71. The van der Waals surface area contributed by atoms with Gasteiger partial charge in [-0.15, -0.1) is 0 Å². The lowest BCUT2D eigenvalue weighted by Gasteiger charge is -2.22. The molecule has 0 saturated carbocycles. The Morgan fingerprint density at radius 3 is 2.84 bits per heavy atom. The second-order valence-electron chi connectivity index (χ2n) is 5.71. The van der Waals surface area contributed by atoms with Gasteiger partial charge in [0.25, 0.3) is 0 Å². The molecule has 0 aliphatic carbocycles. The maximum Gasteiger partial charge on any atom is 0.0400 e. The summed E-state index contributed by atoms with van der Waals surface area (Å²) >= 11 is 0. The number of rotatable bonds is 6. The number of anilines is 1. The van der Waals surface area contributed by atoms with Crippen molar-refractivity contribution in [2.45, 2.75) is 26.3 Å². The van der Waals surface area contributed by atoms with Crippen LogP contribution < -0.4 is 10.2 Å². The molecule has 0 aromatic heterocycles. The van der Waals surface area contributed by atoms with Crippen LogP contribution in [0.25, 0.3) is 0 Å². The van der Waals surface area contributed by atoms with Crippen LogP contribution in [0.1, 0.15) is 31.0 Å². The molecule has 0 bridgehead atoms. The van der Waals surface area contributed by atoms with Gasteiger partial charge in [0.2, 0.25) is 0 Å². The highest BCUT2D eigenvalue weighted by atomic mass is 15.2. The van der Waals surface area contributed by atoms with Gasteiger partial charge in [-0.3, -0.25) is 0 Å². The van der Waals surface area contributed by atoms with Gasteiger partial charge in [-0.25, -0.2) is 0 Å². The highest BCUT2D eigenvalue weighted by molar-refractivity contribution is 5.59. The van der Waals surface area contributed by atoms with E-state index >= 15 is 0 Å². The molecule has 1 aliphatic rings. The second kappa shape index (κ2) is 6.40. The Hall–Kier alpha value is -1.06. The lowest BCUT2D eigenvalue weighted by atomic mass is 10.0. The largest absolute Gasteiger partial charge is 0.370 e. The van der Waals surface area contributed by atoms with Crippen molar-refractivity contribution in [1.82, 2.24) is 10.2 Å². The molecule has 1 unspecified atom stereocenters. The Kier molecular flexibility index (Phi) is 4.83. The summed E-state index contributed by atoms with van der Waals surface area (Å²) in [5.74, 6) is 0. The maximum absolute atomic E-state index is 3.48. The van der Waals surface area contributed by atoms with Crippen LogP contribution in [0, 0.1) is 0 Å². The molecule has 1 N–H and O–H groups in total. The molecule has 1 atom stereocenters. The first-order valence-electron chi connectivity index (χ1n) is 7.37. The van der Waals surface area contributed by atoms with Gasteiger partial charge >= 0.3 is 0 Å². The zero-order valence-electron chi connectivity index (χ0n) is 12.7. The van der Waals surface area contributed by atoms with Gasteiger partial charge in [0.1, 0.15) is 0 Å². The summed E-state index contributed by atoms with van der Waals surface area (Å²) in [4.78, 5) is 4.76. The zero-order chi connectivity index (χ0) is 13.8. The first-order valence-corrected chi connectivity index (χ1v) is 7.37. The maximum atomic E-state index is 3.48. The van der Waals surface area contributed by atoms with Crippen LogP contribution in [0.15, 0.2) is 18.2 Å². The van der Waals surface area contributed by atoms with Crippen molar-refractivity contribution in [1.29, 1.82) is 0 Å².